The normalized spacial score (nSPS) is 10.1. The monoisotopic (exact) mass is 258 g/mol. The molecular weight excluding hydrogens is 248 g/mol. The van der Waals surface area contributed by atoms with Crippen LogP contribution in [0.4, 0.5) is 0 Å². The minimum Gasteiger partial charge on any atom is -0.481 e. The molecule has 0 heterocycles. The largest absolute Gasteiger partial charge is 0.481 e. The third-order valence-electron chi connectivity index (χ3n) is 1.84. The summed E-state index contributed by atoms with van der Waals surface area (Å²) in [5.74, 6) is -0.839. The third kappa shape index (κ3) is 2.82. The van der Waals surface area contributed by atoms with E-state index in [0.717, 1.165) is 15.6 Å². The zero-order valence-electron chi connectivity index (χ0n) is 7.79. The molecule has 0 radical (unpaired) electrons. The highest BCUT2D eigenvalue weighted by atomic mass is 79.9. The minimum atomic E-state index is -0.839. The van der Waals surface area contributed by atoms with Crippen LogP contribution in [0, 0.1) is 0 Å². The van der Waals surface area contributed by atoms with Gasteiger partial charge in [0.2, 0.25) is 0 Å². The Morgan fingerprint density at radius 3 is 2.86 bits per heavy atom. The summed E-state index contributed by atoms with van der Waals surface area (Å²) in [6.07, 6.45) is 0.0140. The Hall–Kier alpha value is -0.870. The number of ether oxygens (including phenoxy) is 1. The van der Waals surface area contributed by atoms with Crippen molar-refractivity contribution < 1.29 is 14.6 Å². The van der Waals surface area contributed by atoms with E-state index in [0.29, 0.717) is 6.61 Å². The molecule has 0 aliphatic heterocycles. The predicted molar refractivity (Wildman–Crippen MR) is 56.2 cm³/mol. The quantitative estimate of drug-likeness (QED) is 0.901. The molecule has 1 aromatic carbocycles. The van der Waals surface area contributed by atoms with Crippen LogP contribution in [-0.4, -0.2) is 18.2 Å². The highest BCUT2D eigenvalue weighted by Gasteiger charge is 2.09. The number of hydrogen-bond acceptors (Lipinski definition) is 2. The number of aliphatic carboxylic acids is 1. The van der Waals surface area contributed by atoms with E-state index in [-0.39, 0.29) is 6.42 Å². The molecule has 0 aliphatic carbocycles. The summed E-state index contributed by atoms with van der Waals surface area (Å²) in [6.45, 7) is 0.433. The number of methoxy groups -OCH3 is 1. The van der Waals surface area contributed by atoms with E-state index in [1.54, 1.807) is 7.11 Å². The van der Waals surface area contributed by atoms with Crippen molar-refractivity contribution in [1.29, 1.82) is 0 Å². The van der Waals surface area contributed by atoms with Crippen LogP contribution in [0.2, 0.25) is 0 Å². The summed E-state index contributed by atoms with van der Waals surface area (Å²) in [4.78, 5) is 10.6. The molecular formula is C10H11BrO3. The van der Waals surface area contributed by atoms with Gasteiger partial charge in [0.1, 0.15) is 0 Å². The Kier molecular flexibility index (Phi) is 4.10. The van der Waals surface area contributed by atoms with Gasteiger partial charge in [0.05, 0.1) is 13.0 Å². The topological polar surface area (TPSA) is 46.5 Å². The maximum atomic E-state index is 10.6. The van der Waals surface area contributed by atoms with E-state index in [4.69, 9.17) is 9.84 Å². The highest BCUT2D eigenvalue weighted by molar-refractivity contribution is 9.10. The zero-order chi connectivity index (χ0) is 10.6. The van der Waals surface area contributed by atoms with E-state index in [2.05, 4.69) is 15.9 Å². The zero-order valence-corrected chi connectivity index (χ0v) is 9.37. The van der Waals surface area contributed by atoms with Gasteiger partial charge in [0.25, 0.3) is 0 Å². The molecule has 3 nitrogen and oxygen atoms in total. The second-order valence-corrected chi connectivity index (χ2v) is 3.74. The van der Waals surface area contributed by atoms with Gasteiger partial charge >= 0.3 is 5.97 Å². The molecule has 0 fully saturated rings. The Morgan fingerprint density at radius 1 is 1.57 bits per heavy atom. The van der Waals surface area contributed by atoms with Crippen molar-refractivity contribution in [1.82, 2.24) is 0 Å². The Bertz CT molecular complexity index is 336. The average molecular weight is 259 g/mol. The second kappa shape index (κ2) is 5.12. The van der Waals surface area contributed by atoms with Crippen LogP contribution in [0.5, 0.6) is 0 Å². The van der Waals surface area contributed by atoms with Crippen LogP contribution in [0.3, 0.4) is 0 Å². The maximum Gasteiger partial charge on any atom is 0.307 e. The standard InChI is InChI=1S/C10H11BrO3/c1-14-6-7-3-2-4-9(11)8(7)5-10(12)13/h2-4H,5-6H2,1H3,(H,12,13). The lowest BCUT2D eigenvalue weighted by molar-refractivity contribution is -0.136. The lowest BCUT2D eigenvalue weighted by atomic mass is 10.1. The summed E-state index contributed by atoms with van der Waals surface area (Å²) in [7, 11) is 1.59. The Morgan fingerprint density at radius 2 is 2.29 bits per heavy atom. The van der Waals surface area contributed by atoms with Crippen molar-refractivity contribution in [3.63, 3.8) is 0 Å². The van der Waals surface area contributed by atoms with Gasteiger partial charge in [-0.1, -0.05) is 28.1 Å². The Balaban J connectivity index is 3.02. The fourth-order valence-electron chi connectivity index (χ4n) is 1.24. The number of rotatable bonds is 4. The first-order valence-electron chi connectivity index (χ1n) is 4.12. The van der Waals surface area contributed by atoms with Gasteiger partial charge in [-0.2, -0.15) is 0 Å². The van der Waals surface area contributed by atoms with Gasteiger partial charge in [-0.25, -0.2) is 0 Å². The van der Waals surface area contributed by atoms with Gasteiger partial charge in [0.15, 0.2) is 0 Å². The molecule has 0 aliphatic rings. The van der Waals surface area contributed by atoms with Crippen molar-refractivity contribution in [2.75, 3.05) is 7.11 Å². The summed E-state index contributed by atoms with van der Waals surface area (Å²) >= 11 is 3.33. The van der Waals surface area contributed by atoms with Crippen molar-refractivity contribution in [3.8, 4) is 0 Å². The molecule has 0 bridgehead atoms. The molecule has 0 atom stereocenters. The van der Waals surface area contributed by atoms with Crippen LogP contribution in [-0.2, 0) is 22.6 Å². The highest BCUT2D eigenvalue weighted by Crippen LogP contribution is 2.21. The number of benzene rings is 1. The van der Waals surface area contributed by atoms with Crippen molar-refractivity contribution in [2.45, 2.75) is 13.0 Å². The fraction of sp³-hybridized carbons (Fsp3) is 0.300. The van der Waals surface area contributed by atoms with Crippen LogP contribution in [0.15, 0.2) is 22.7 Å². The van der Waals surface area contributed by atoms with Gasteiger partial charge < -0.3 is 9.84 Å². The summed E-state index contributed by atoms with van der Waals surface area (Å²) in [6, 6.07) is 5.56. The molecule has 76 valence electrons. The molecule has 14 heavy (non-hydrogen) atoms. The SMILES string of the molecule is COCc1cccc(Br)c1CC(=O)O. The first-order chi connectivity index (χ1) is 6.65. The number of hydrogen-bond donors (Lipinski definition) is 1. The molecule has 1 rings (SSSR count). The molecule has 0 saturated heterocycles. The van der Waals surface area contributed by atoms with Gasteiger partial charge in [-0.05, 0) is 17.2 Å². The van der Waals surface area contributed by atoms with E-state index in [1.165, 1.54) is 0 Å². The lowest BCUT2D eigenvalue weighted by Crippen LogP contribution is -2.05. The van der Waals surface area contributed by atoms with E-state index >= 15 is 0 Å². The summed E-state index contributed by atoms with van der Waals surface area (Å²) in [5, 5.41) is 8.72. The Labute approximate surface area is 90.8 Å². The fourth-order valence-corrected chi connectivity index (χ4v) is 1.79. The van der Waals surface area contributed by atoms with Crippen LogP contribution >= 0.6 is 15.9 Å². The third-order valence-corrected chi connectivity index (χ3v) is 2.59. The molecule has 0 amide bonds. The van der Waals surface area contributed by atoms with E-state index < -0.39 is 5.97 Å². The number of carbonyl (C=O) groups is 1. The lowest BCUT2D eigenvalue weighted by Gasteiger charge is -2.08. The smallest absolute Gasteiger partial charge is 0.307 e. The number of carboxylic acids is 1. The summed E-state index contributed by atoms with van der Waals surface area (Å²) in [5.41, 5.74) is 1.69. The molecule has 0 saturated carbocycles. The maximum absolute atomic E-state index is 10.6. The van der Waals surface area contributed by atoms with Crippen molar-refractivity contribution in [3.05, 3.63) is 33.8 Å². The minimum absolute atomic E-state index is 0.0140. The van der Waals surface area contributed by atoms with E-state index in [1.807, 2.05) is 18.2 Å². The van der Waals surface area contributed by atoms with Gasteiger partial charge in [-0.15, -0.1) is 0 Å². The van der Waals surface area contributed by atoms with Crippen molar-refractivity contribution >= 4 is 21.9 Å². The van der Waals surface area contributed by atoms with Crippen LogP contribution in [0.25, 0.3) is 0 Å². The van der Waals surface area contributed by atoms with Gasteiger partial charge in [0, 0.05) is 11.6 Å². The molecule has 0 unspecified atom stereocenters. The number of halogens is 1. The average Bonchev–Trinajstić information content (AvgIpc) is 2.11. The van der Waals surface area contributed by atoms with E-state index in [9.17, 15) is 4.79 Å². The van der Waals surface area contributed by atoms with Crippen LogP contribution < -0.4 is 0 Å². The summed E-state index contributed by atoms with van der Waals surface area (Å²) < 4.78 is 5.81. The molecule has 0 spiro atoms. The molecule has 4 heteroatoms. The molecule has 1 N–H and O–H groups in total. The predicted octanol–water partition coefficient (Wildman–Crippen LogP) is 2.22. The second-order valence-electron chi connectivity index (χ2n) is 2.88. The van der Waals surface area contributed by atoms with Crippen LogP contribution in [0.1, 0.15) is 11.1 Å². The van der Waals surface area contributed by atoms with Crippen molar-refractivity contribution in [2.24, 2.45) is 0 Å². The number of carboxylic acid groups (broad SMARTS) is 1. The first kappa shape index (κ1) is 11.2. The molecule has 0 aromatic heterocycles. The van der Waals surface area contributed by atoms with Gasteiger partial charge in [-0.3, -0.25) is 4.79 Å². The molecule has 1 aromatic rings. The first-order valence-corrected chi connectivity index (χ1v) is 4.91.